The predicted molar refractivity (Wildman–Crippen MR) is 53.6 cm³/mol. The summed E-state index contributed by atoms with van der Waals surface area (Å²) in [5, 5.41) is 16.5. The van der Waals surface area contributed by atoms with Crippen molar-refractivity contribution in [2.24, 2.45) is 0 Å². The van der Waals surface area contributed by atoms with Gasteiger partial charge < -0.3 is 5.32 Å². The lowest BCUT2D eigenvalue weighted by Gasteiger charge is -2.03. The Kier molecular flexibility index (Phi) is 2.93. The Morgan fingerprint density at radius 3 is 2.93 bits per heavy atom. The largest absolute Gasteiger partial charge is 0.360 e. The third kappa shape index (κ3) is 2.51. The van der Waals surface area contributed by atoms with Gasteiger partial charge in [0.1, 0.15) is 12.2 Å². The minimum absolute atomic E-state index is 0.0273. The second-order valence-electron chi connectivity index (χ2n) is 2.51. The van der Waals surface area contributed by atoms with Crippen LogP contribution < -0.4 is 5.32 Å². The molecule has 0 atom stereocenters. The van der Waals surface area contributed by atoms with E-state index in [-0.39, 0.29) is 10.4 Å². The number of halogens is 2. The zero-order valence-electron chi connectivity index (χ0n) is 7.28. The van der Waals surface area contributed by atoms with Crippen molar-refractivity contribution in [3.05, 3.63) is 22.6 Å². The third-order valence-electron chi connectivity index (χ3n) is 1.51. The van der Waals surface area contributed by atoms with E-state index in [1.54, 1.807) is 0 Å². The fraction of sp³-hybridized carbons (Fsp3) is 0.167. The van der Waals surface area contributed by atoms with Gasteiger partial charge in [-0.1, -0.05) is 11.6 Å². The maximum Gasteiger partial charge on any atom is 0.245 e. The molecule has 2 heterocycles. The van der Waals surface area contributed by atoms with E-state index in [2.05, 4.69) is 35.7 Å². The van der Waals surface area contributed by atoms with Gasteiger partial charge in [0, 0.05) is 0 Å². The zero-order valence-corrected chi connectivity index (χ0v) is 8.79. The first-order valence-corrected chi connectivity index (χ1v) is 4.65. The molecule has 0 aliphatic heterocycles. The van der Waals surface area contributed by atoms with Gasteiger partial charge in [-0.2, -0.15) is 10.1 Å². The number of nitrogens with zero attached hydrogens (tertiary/aromatic N) is 5. The first-order chi connectivity index (χ1) is 7.25. The van der Waals surface area contributed by atoms with E-state index in [1.165, 1.54) is 6.33 Å². The van der Waals surface area contributed by atoms with Crippen molar-refractivity contribution in [3.63, 3.8) is 0 Å². The van der Waals surface area contributed by atoms with Crippen LogP contribution in [-0.4, -0.2) is 30.4 Å². The molecular formula is C6H5Cl2N7. The van der Waals surface area contributed by atoms with Gasteiger partial charge in [0.25, 0.3) is 0 Å². The fourth-order valence-corrected chi connectivity index (χ4v) is 1.16. The monoisotopic (exact) mass is 245 g/mol. The van der Waals surface area contributed by atoms with Crippen LogP contribution in [0.25, 0.3) is 0 Å². The third-order valence-corrected chi connectivity index (χ3v) is 1.92. The van der Waals surface area contributed by atoms with Crippen LogP contribution in [0.4, 0.5) is 5.82 Å². The van der Waals surface area contributed by atoms with Crippen LogP contribution >= 0.6 is 23.2 Å². The van der Waals surface area contributed by atoms with Crippen molar-refractivity contribution in [3.8, 4) is 0 Å². The maximum absolute atomic E-state index is 5.73. The van der Waals surface area contributed by atoms with Crippen molar-refractivity contribution < 1.29 is 0 Å². The maximum atomic E-state index is 5.73. The quantitative estimate of drug-likeness (QED) is 0.836. The minimum atomic E-state index is 0.0273. The highest BCUT2D eigenvalue weighted by Crippen LogP contribution is 2.16. The van der Waals surface area contributed by atoms with Gasteiger partial charge in [0.15, 0.2) is 11.0 Å². The topological polar surface area (TPSA) is 92.3 Å². The Morgan fingerprint density at radius 1 is 1.33 bits per heavy atom. The van der Waals surface area contributed by atoms with Crippen molar-refractivity contribution >= 4 is 29.0 Å². The molecule has 0 saturated carbocycles. The van der Waals surface area contributed by atoms with E-state index in [4.69, 9.17) is 23.2 Å². The number of nitrogens with one attached hydrogen (secondary N) is 2. The number of aromatic nitrogens is 6. The Hall–Kier alpha value is -1.47. The predicted octanol–water partition coefficient (Wildman–Crippen LogP) is 0.909. The average Bonchev–Trinajstić information content (AvgIpc) is 2.72. The molecule has 0 saturated heterocycles. The van der Waals surface area contributed by atoms with Crippen LogP contribution in [0.2, 0.25) is 10.4 Å². The number of rotatable bonds is 3. The molecule has 2 aromatic heterocycles. The summed E-state index contributed by atoms with van der Waals surface area (Å²) in [6.07, 6.45) is 1.41. The molecule has 9 heteroatoms. The van der Waals surface area contributed by atoms with Crippen molar-refractivity contribution in [1.82, 2.24) is 30.4 Å². The van der Waals surface area contributed by atoms with E-state index >= 15 is 0 Å². The number of hydrogen-bond donors (Lipinski definition) is 2. The van der Waals surface area contributed by atoms with E-state index in [0.717, 1.165) is 0 Å². The Labute approximate surface area is 94.3 Å². The second-order valence-corrected chi connectivity index (χ2v) is 3.20. The molecule has 15 heavy (non-hydrogen) atoms. The molecule has 0 spiro atoms. The molecule has 0 aliphatic carbocycles. The molecule has 0 aliphatic rings. The summed E-state index contributed by atoms with van der Waals surface area (Å²) in [5.41, 5.74) is 0. The molecule has 0 amide bonds. The standard InChI is InChI=1S/C6H5Cl2N7/c7-4-5(12-6(8)15-14-4)9-1-3-10-2-11-13-3/h2H,1H2,(H,9,12,15)(H,10,11,13). The normalized spacial score (nSPS) is 10.3. The summed E-state index contributed by atoms with van der Waals surface area (Å²) >= 11 is 11.3. The fourth-order valence-electron chi connectivity index (χ4n) is 0.889. The minimum Gasteiger partial charge on any atom is -0.360 e. The highest BCUT2D eigenvalue weighted by molar-refractivity contribution is 6.32. The molecule has 0 fully saturated rings. The summed E-state index contributed by atoms with van der Waals surface area (Å²) in [7, 11) is 0. The Morgan fingerprint density at radius 2 is 2.20 bits per heavy atom. The Bertz CT molecular complexity index is 443. The van der Waals surface area contributed by atoms with Crippen molar-refractivity contribution in [2.45, 2.75) is 6.54 Å². The molecule has 0 aromatic carbocycles. The molecule has 78 valence electrons. The van der Waals surface area contributed by atoms with Crippen molar-refractivity contribution in [2.75, 3.05) is 5.32 Å². The van der Waals surface area contributed by atoms with E-state index in [9.17, 15) is 0 Å². The summed E-state index contributed by atoms with van der Waals surface area (Å²) in [5.74, 6) is 1.01. The molecule has 2 aromatic rings. The van der Waals surface area contributed by atoms with Gasteiger partial charge >= 0.3 is 0 Å². The molecular weight excluding hydrogens is 241 g/mol. The average molecular weight is 246 g/mol. The van der Waals surface area contributed by atoms with Crippen LogP contribution in [0.5, 0.6) is 0 Å². The lowest BCUT2D eigenvalue weighted by Crippen LogP contribution is -2.05. The van der Waals surface area contributed by atoms with Gasteiger partial charge in [-0.25, -0.2) is 4.98 Å². The number of aromatic amines is 1. The molecule has 2 rings (SSSR count). The highest BCUT2D eigenvalue weighted by atomic mass is 35.5. The zero-order chi connectivity index (χ0) is 10.7. The molecule has 7 nitrogen and oxygen atoms in total. The van der Waals surface area contributed by atoms with E-state index in [0.29, 0.717) is 18.2 Å². The SMILES string of the molecule is Clc1nnc(Cl)c(NCc2ncn[nH]2)n1. The molecule has 0 radical (unpaired) electrons. The number of hydrogen-bond acceptors (Lipinski definition) is 6. The van der Waals surface area contributed by atoms with Gasteiger partial charge in [-0.15, -0.1) is 10.2 Å². The van der Waals surface area contributed by atoms with Gasteiger partial charge in [-0.3, -0.25) is 5.10 Å². The van der Waals surface area contributed by atoms with Crippen LogP contribution in [0.3, 0.4) is 0 Å². The second kappa shape index (κ2) is 4.37. The smallest absolute Gasteiger partial charge is 0.245 e. The molecule has 0 bridgehead atoms. The van der Waals surface area contributed by atoms with Crippen molar-refractivity contribution in [1.29, 1.82) is 0 Å². The van der Waals surface area contributed by atoms with E-state index < -0.39 is 0 Å². The van der Waals surface area contributed by atoms with Gasteiger partial charge in [0.2, 0.25) is 5.28 Å². The van der Waals surface area contributed by atoms with Crippen LogP contribution in [0.15, 0.2) is 6.33 Å². The number of anilines is 1. The summed E-state index contributed by atoms with van der Waals surface area (Å²) < 4.78 is 0. The number of H-pyrrole nitrogens is 1. The van der Waals surface area contributed by atoms with Gasteiger partial charge in [-0.05, 0) is 11.6 Å². The first-order valence-electron chi connectivity index (χ1n) is 3.89. The lowest BCUT2D eigenvalue weighted by atomic mass is 10.5. The Balaban J connectivity index is 2.07. The summed E-state index contributed by atoms with van der Waals surface area (Å²) in [6.45, 7) is 0.398. The first kappa shape index (κ1) is 10.1. The molecule has 0 unspecified atom stereocenters. The van der Waals surface area contributed by atoms with Crippen LogP contribution in [-0.2, 0) is 6.54 Å². The molecule has 2 N–H and O–H groups in total. The summed E-state index contributed by atoms with van der Waals surface area (Å²) in [6, 6.07) is 0. The lowest BCUT2D eigenvalue weighted by molar-refractivity contribution is 0.922. The van der Waals surface area contributed by atoms with Crippen LogP contribution in [0.1, 0.15) is 5.82 Å². The summed E-state index contributed by atoms with van der Waals surface area (Å²) in [4.78, 5) is 7.77. The highest BCUT2D eigenvalue weighted by Gasteiger charge is 2.05. The van der Waals surface area contributed by atoms with Crippen LogP contribution in [0, 0.1) is 0 Å². The van der Waals surface area contributed by atoms with E-state index in [1.807, 2.05) is 0 Å². The van der Waals surface area contributed by atoms with Gasteiger partial charge in [0.05, 0.1) is 6.54 Å².